The van der Waals surface area contributed by atoms with Gasteiger partial charge in [0, 0.05) is 22.2 Å². The van der Waals surface area contributed by atoms with Crippen LogP contribution in [0.4, 0.5) is 15.8 Å². The first-order valence-electron chi connectivity index (χ1n) is 7.25. The second-order valence-corrected chi connectivity index (χ2v) is 6.53. The molecular formula is C17H16FIN2O. The van der Waals surface area contributed by atoms with Crippen molar-refractivity contribution in [3.05, 3.63) is 57.4 Å². The molecule has 1 aliphatic heterocycles. The van der Waals surface area contributed by atoms with Crippen LogP contribution in [0.1, 0.15) is 23.2 Å². The smallest absolute Gasteiger partial charge is 0.255 e. The van der Waals surface area contributed by atoms with Gasteiger partial charge in [0.25, 0.3) is 5.91 Å². The molecule has 0 radical (unpaired) electrons. The normalized spacial score (nSPS) is 14.2. The summed E-state index contributed by atoms with van der Waals surface area (Å²) in [4.78, 5) is 14.5. The monoisotopic (exact) mass is 410 g/mol. The van der Waals surface area contributed by atoms with Gasteiger partial charge in [0.1, 0.15) is 11.5 Å². The van der Waals surface area contributed by atoms with Crippen molar-refractivity contribution in [2.75, 3.05) is 23.3 Å². The van der Waals surface area contributed by atoms with Gasteiger partial charge in [-0.3, -0.25) is 4.79 Å². The predicted molar refractivity (Wildman–Crippen MR) is 95.0 cm³/mol. The Kier molecular flexibility index (Phi) is 4.61. The number of amides is 1. The molecule has 1 fully saturated rings. The van der Waals surface area contributed by atoms with Crippen LogP contribution in [-0.2, 0) is 0 Å². The number of halogens is 2. The van der Waals surface area contributed by atoms with E-state index < -0.39 is 5.82 Å². The van der Waals surface area contributed by atoms with Crippen molar-refractivity contribution >= 4 is 39.9 Å². The minimum atomic E-state index is -0.400. The fraction of sp³-hybridized carbons (Fsp3) is 0.235. The predicted octanol–water partition coefficient (Wildman–Crippen LogP) is 4.28. The number of carbonyl (C=O) groups excluding carboxylic acids is 1. The Hall–Kier alpha value is -1.63. The zero-order valence-corrected chi connectivity index (χ0v) is 14.1. The molecule has 3 rings (SSSR count). The molecule has 0 bridgehead atoms. The van der Waals surface area contributed by atoms with E-state index in [-0.39, 0.29) is 11.6 Å². The number of hydrogen-bond donors (Lipinski definition) is 1. The molecule has 0 saturated carbocycles. The number of carbonyl (C=O) groups is 1. The highest BCUT2D eigenvalue weighted by Crippen LogP contribution is 2.31. The van der Waals surface area contributed by atoms with Crippen LogP contribution < -0.4 is 10.2 Å². The number of para-hydroxylation sites is 1. The molecular weight excluding hydrogens is 394 g/mol. The zero-order chi connectivity index (χ0) is 15.5. The van der Waals surface area contributed by atoms with E-state index in [1.54, 1.807) is 18.2 Å². The van der Waals surface area contributed by atoms with E-state index in [2.05, 4.69) is 32.8 Å². The molecule has 0 spiro atoms. The van der Waals surface area contributed by atoms with Crippen LogP contribution in [0.5, 0.6) is 0 Å². The van der Waals surface area contributed by atoms with Gasteiger partial charge in [0.05, 0.1) is 5.69 Å². The van der Waals surface area contributed by atoms with Crippen LogP contribution in [0.15, 0.2) is 42.5 Å². The van der Waals surface area contributed by atoms with Gasteiger partial charge in [-0.15, -0.1) is 0 Å². The molecule has 1 saturated heterocycles. The number of hydrogen-bond acceptors (Lipinski definition) is 2. The molecule has 1 heterocycles. The van der Waals surface area contributed by atoms with Gasteiger partial charge < -0.3 is 10.2 Å². The van der Waals surface area contributed by atoms with Crippen LogP contribution in [0.25, 0.3) is 0 Å². The molecule has 2 aromatic rings. The molecule has 0 aliphatic carbocycles. The average Bonchev–Trinajstić information content (AvgIpc) is 3.04. The topological polar surface area (TPSA) is 32.3 Å². The Balaban J connectivity index is 1.87. The van der Waals surface area contributed by atoms with Gasteiger partial charge in [0.15, 0.2) is 0 Å². The molecule has 1 amide bonds. The van der Waals surface area contributed by atoms with E-state index in [0.717, 1.165) is 35.2 Å². The van der Waals surface area contributed by atoms with Gasteiger partial charge in [-0.25, -0.2) is 4.39 Å². The number of anilines is 2. The molecule has 0 atom stereocenters. The second-order valence-electron chi connectivity index (χ2n) is 5.29. The Morgan fingerprint density at radius 3 is 2.45 bits per heavy atom. The van der Waals surface area contributed by atoms with Gasteiger partial charge in [-0.2, -0.15) is 0 Å². The third-order valence-electron chi connectivity index (χ3n) is 3.78. The maximum Gasteiger partial charge on any atom is 0.255 e. The van der Waals surface area contributed by atoms with E-state index in [9.17, 15) is 9.18 Å². The van der Waals surface area contributed by atoms with Crippen molar-refractivity contribution in [2.45, 2.75) is 12.8 Å². The summed E-state index contributed by atoms with van der Waals surface area (Å²) in [5.41, 5.74) is 1.56. The molecule has 0 unspecified atom stereocenters. The highest BCUT2D eigenvalue weighted by Gasteiger charge is 2.20. The Morgan fingerprint density at radius 2 is 1.77 bits per heavy atom. The van der Waals surface area contributed by atoms with Crippen molar-refractivity contribution in [2.24, 2.45) is 0 Å². The van der Waals surface area contributed by atoms with E-state index >= 15 is 0 Å². The molecule has 1 aliphatic rings. The highest BCUT2D eigenvalue weighted by molar-refractivity contribution is 14.1. The summed E-state index contributed by atoms with van der Waals surface area (Å²) in [5.74, 6) is -0.690. The number of nitrogens with zero attached hydrogens (tertiary/aromatic N) is 1. The van der Waals surface area contributed by atoms with Crippen molar-refractivity contribution in [3.63, 3.8) is 0 Å². The SMILES string of the molecule is O=C(Nc1c(F)cccc1N1CCCC1)c1ccc(I)cc1. The summed E-state index contributed by atoms with van der Waals surface area (Å²) >= 11 is 2.18. The molecule has 0 aromatic heterocycles. The quantitative estimate of drug-likeness (QED) is 0.767. The molecule has 2 aromatic carbocycles. The number of rotatable bonds is 3. The van der Waals surface area contributed by atoms with Crippen molar-refractivity contribution in [1.82, 2.24) is 0 Å². The van der Waals surface area contributed by atoms with Crippen LogP contribution in [0, 0.1) is 9.39 Å². The van der Waals surface area contributed by atoms with Gasteiger partial charge in [0.2, 0.25) is 0 Å². The van der Waals surface area contributed by atoms with Crippen molar-refractivity contribution < 1.29 is 9.18 Å². The summed E-state index contributed by atoms with van der Waals surface area (Å²) in [6.45, 7) is 1.80. The number of benzene rings is 2. The summed E-state index contributed by atoms with van der Waals surface area (Å²) in [7, 11) is 0. The van der Waals surface area contributed by atoms with Crippen molar-refractivity contribution in [3.8, 4) is 0 Å². The molecule has 114 valence electrons. The summed E-state index contributed by atoms with van der Waals surface area (Å²) in [6.07, 6.45) is 2.20. The molecule has 3 nitrogen and oxygen atoms in total. The van der Waals surface area contributed by atoms with Gasteiger partial charge >= 0.3 is 0 Å². The van der Waals surface area contributed by atoms with E-state index in [1.165, 1.54) is 6.07 Å². The second kappa shape index (κ2) is 6.64. The lowest BCUT2D eigenvalue weighted by Gasteiger charge is -2.22. The third-order valence-corrected chi connectivity index (χ3v) is 4.50. The van der Waals surface area contributed by atoms with E-state index in [0.29, 0.717) is 5.56 Å². The summed E-state index contributed by atoms with van der Waals surface area (Å²) in [5, 5.41) is 2.73. The lowest BCUT2D eigenvalue weighted by Crippen LogP contribution is -2.22. The Labute approximate surface area is 142 Å². The zero-order valence-electron chi connectivity index (χ0n) is 12.0. The maximum atomic E-state index is 14.2. The highest BCUT2D eigenvalue weighted by atomic mass is 127. The molecule has 1 N–H and O–H groups in total. The van der Waals surface area contributed by atoms with Crippen molar-refractivity contribution in [1.29, 1.82) is 0 Å². The molecule has 5 heteroatoms. The molecule has 22 heavy (non-hydrogen) atoms. The fourth-order valence-electron chi connectivity index (χ4n) is 2.65. The summed E-state index contributed by atoms with van der Waals surface area (Å²) in [6, 6.07) is 12.1. The minimum Gasteiger partial charge on any atom is -0.370 e. The Morgan fingerprint density at radius 1 is 1.09 bits per heavy atom. The fourth-order valence-corrected chi connectivity index (χ4v) is 3.00. The minimum absolute atomic E-state index is 0.271. The third kappa shape index (κ3) is 3.24. The van der Waals surface area contributed by atoms with Crippen LogP contribution >= 0.6 is 22.6 Å². The van der Waals surface area contributed by atoms with Gasteiger partial charge in [-0.05, 0) is 71.8 Å². The first-order chi connectivity index (χ1) is 10.6. The number of nitrogens with one attached hydrogen (secondary N) is 1. The van der Waals surface area contributed by atoms with Crippen LogP contribution in [0.3, 0.4) is 0 Å². The van der Waals surface area contributed by atoms with Crippen LogP contribution in [-0.4, -0.2) is 19.0 Å². The first-order valence-corrected chi connectivity index (χ1v) is 8.33. The summed E-state index contributed by atoms with van der Waals surface area (Å²) < 4.78 is 15.3. The standard InChI is InChI=1S/C17H16FIN2O/c18-14-4-3-5-15(21-10-1-2-11-21)16(14)20-17(22)12-6-8-13(19)9-7-12/h3-9H,1-2,10-11H2,(H,20,22). The van der Waals surface area contributed by atoms with Crippen LogP contribution in [0.2, 0.25) is 0 Å². The van der Waals surface area contributed by atoms with E-state index in [4.69, 9.17) is 0 Å². The first kappa shape index (κ1) is 15.3. The average molecular weight is 410 g/mol. The van der Waals surface area contributed by atoms with Gasteiger partial charge in [-0.1, -0.05) is 6.07 Å². The largest absolute Gasteiger partial charge is 0.370 e. The lowest BCUT2D eigenvalue weighted by molar-refractivity contribution is 0.102. The lowest BCUT2D eigenvalue weighted by atomic mass is 10.2. The van der Waals surface area contributed by atoms with E-state index in [1.807, 2.05) is 18.2 Å². The maximum absolute atomic E-state index is 14.2. The Bertz CT molecular complexity index is 682.